The molecular weight excluding hydrogens is 164 g/mol. The van der Waals surface area contributed by atoms with Crippen LogP contribution in [0.5, 0.6) is 0 Å². The summed E-state index contributed by atoms with van der Waals surface area (Å²) in [5, 5.41) is 4.18. The molecule has 1 amide bonds. The largest absolute Gasteiger partial charge is 0.341 e. The smallest absolute Gasteiger partial charge is 0.276 e. The van der Waals surface area contributed by atoms with E-state index in [-0.39, 0.29) is 11.3 Å². The van der Waals surface area contributed by atoms with E-state index in [1.54, 1.807) is 0 Å². The Kier molecular flexibility index (Phi) is 3.16. The zero-order valence-electron chi connectivity index (χ0n) is 6.41. The maximum atomic E-state index is 10.5. The second kappa shape index (κ2) is 3.94. The number of carbonyl (C=O) groups excluding carboxylic acids is 1. The molecule has 1 heterocycles. The average Bonchev–Trinajstić information content (AvgIpc) is 2.34. The van der Waals surface area contributed by atoms with E-state index < -0.39 is 0 Å². The van der Waals surface area contributed by atoms with Crippen LogP contribution in [0.3, 0.4) is 0 Å². The van der Waals surface area contributed by atoms with Gasteiger partial charge in [0.2, 0.25) is 0 Å². The van der Waals surface area contributed by atoms with Crippen molar-refractivity contribution in [2.75, 3.05) is 19.7 Å². The highest BCUT2D eigenvalue weighted by atomic mass is 32.1. The summed E-state index contributed by atoms with van der Waals surface area (Å²) in [7, 11) is 0. The van der Waals surface area contributed by atoms with Crippen molar-refractivity contribution in [3.05, 3.63) is 0 Å². The highest BCUT2D eigenvalue weighted by Crippen LogP contribution is 2.04. The molecule has 0 radical (unpaired) electrons. The van der Waals surface area contributed by atoms with Gasteiger partial charge in [0, 0.05) is 13.1 Å². The van der Waals surface area contributed by atoms with Gasteiger partial charge >= 0.3 is 0 Å². The topological polar surface area (TPSA) is 41.6 Å². The number of thiol groups is 1. The molecule has 0 saturated carbocycles. The number of nitrogens with one attached hydrogen (secondary N) is 1. The van der Waals surface area contributed by atoms with Gasteiger partial charge in [0.05, 0.1) is 12.6 Å². The molecule has 1 N–H and O–H groups in total. The van der Waals surface area contributed by atoms with E-state index in [1.807, 2.05) is 12.0 Å². The molecule has 0 unspecified atom stereocenters. The molecular formula is C6H12N2O2S. The molecule has 1 aliphatic heterocycles. The average molecular weight is 176 g/mol. The van der Waals surface area contributed by atoms with Gasteiger partial charge < -0.3 is 5.32 Å². The van der Waals surface area contributed by atoms with E-state index in [4.69, 9.17) is 4.84 Å². The summed E-state index contributed by atoms with van der Waals surface area (Å²) in [5.74, 6) is 0. The Morgan fingerprint density at radius 2 is 2.64 bits per heavy atom. The number of amides is 1. The van der Waals surface area contributed by atoms with Crippen molar-refractivity contribution in [1.29, 1.82) is 0 Å². The minimum atomic E-state index is -0.295. The predicted octanol–water partition coefficient (Wildman–Crippen LogP) is 0.262. The summed E-state index contributed by atoms with van der Waals surface area (Å²) >= 11 is 3.61. The molecule has 0 aromatic carbocycles. The van der Waals surface area contributed by atoms with Gasteiger partial charge in [0.15, 0.2) is 0 Å². The number of rotatable bonds is 2. The fraction of sp³-hybridized carbons (Fsp3) is 0.833. The molecule has 64 valence electrons. The predicted molar refractivity (Wildman–Crippen MR) is 44.5 cm³/mol. The van der Waals surface area contributed by atoms with Crippen LogP contribution in [0.15, 0.2) is 0 Å². The van der Waals surface area contributed by atoms with Crippen LogP contribution in [-0.4, -0.2) is 36.0 Å². The maximum absolute atomic E-state index is 10.5. The first-order valence-corrected chi connectivity index (χ1v) is 4.04. The number of hydrogen-bond acceptors (Lipinski definition) is 3. The fourth-order valence-corrected chi connectivity index (χ4v) is 1.21. The quantitative estimate of drug-likeness (QED) is 0.593. The molecule has 0 bridgehead atoms. The standard InChI is InChI=1S/C6H12N2O2S/c1-2-8-3-5(4-10-8)7-6(9)11/h5H,2-4H2,1H3,(H2,7,9,11)/t5-/m0/s1. The molecule has 4 nitrogen and oxygen atoms in total. The fourth-order valence-electron chi connectivity index (χ4n) is 1.03. The second-order valence-corrected chi connectivity index (χ2v) is 2.83. The summed E-state index contributed by atoms with van der Waals surface area (Å²) < 4.78 is 0. The number of carbonyl (C=O) groups is 1. The molecule has 1 atom stereocenters. The van der Waals surface area contributed by atoms with Crippen molar-refractivity contribution in [2.45, 2.75) is 13.0 Å². The van der Waals surface area contributed by atoms with Crippen molar-refractivity contribution < 1.29 is 9.63 Å². The lowest BCUT2D eigenvalue weighted by atomic mass is 10.3. The molecule has 0 aliphatic carbocycles. The van der Waals surface area contributed by atoms with Crippen LogP contribution >= 0.6 is 12.6 Å². The first kappa shape index (κ1) is 8.83. The van der Waals surface area contributed by atoms with Gasteiger partial charge in [-0.2, -0.15) is 5.06 Å². The van der Waals surface area contributed by atoms with Gasteiger partial charge in [-0.15, -0.1) is 0 Å². The lowest BCUT2D eigenvalue weighted by molar-refractivity contribution is -0.105. The number of hydroxylamine groups is 2. The Hall–Kier alpha value is -0.260. The van der Waals surface area contributed by atoms with Gasteiger partial charge in [-0.3, -0.25) is 9.63 Å². The van der Waals surface area contributed by atoms with Crippen LogP contribution in [0.1, 0.15) is 6.92 Å². The number of likely N-dealkylation sites (N-methyl/N-ethyl adjacent to an activating group) is 1. The van der Waals surface area contributed by atoms with Crippen molar-refractivity contribution >= 4 is 17.9 Å². The third-order valence-electron chi connectivity index (χ3n) is 1.56. The molecule has 1 aliphatic rings. The summed E-state index contributed by atoms with van der Waals surface area (Å²) in [6.45, 7) is 4.16. The SMILES string of the molecule is CCN1C[C@H](NC(=O)S)CO1. The number of nitrogens with zero attached hydrogens (tertiary/aromatic N) is 1. The monoisotopic (exact) mass is 176 g/mol. The maximum Gasteiger partial charge on any atom is 0.276 e. The Balaban J connectivity index is 2.24. The summed E-state index contributed by atoms with van der Waals surface area (Å²) in [6, 6.07) is 0.0972. The van der Waals surface area contributed by atoms with Gasteiger partial charge in [-0.25, -0.2) is 0 Å². The molecule has 0 aromatic heterocycles. The van der Waals surface area contributed by atoms with Crippen molar-refractivity contribution in [2.24, 2.45) is 0 Å². The minimum absolute atomic E-state index is 0.0972. The van der Waals surface area contributed by atoms with Crippen LogP contribution in [0.4, 0.5) is 4.79 Å². The Bertz CT molecular complexity index is 154. The minimum Gasteiger partial charge on any atom is -0.341 e. The van der Waals surface area contributed by atoms with E-state index in [9.17, 15) is 4.79 Å². The molecule has 1 rings (SSSR count). The summed E-state index contributed by atoms with van der Waals surface area (Å²) in [4.78, 5) is 15.7. The van der Waals surface area contributed by atoms with E-state index in [0.29, 0.717) is 6.61 Å². The van der Waals surface area contributed by atoms with Crippen LogP contribution in [0.25, 0.3) is 0 Å². The van der Waals surface area contributed by atoms with Crippen LogP contribution < -0.4 is 5.32 Å². The lowest BCUT2D eigenvalue weighted by Crippen LogP contribution is -2.35. The van der Waals surface area contributed by atoms with Gasteiger partial charge in [-0.1, -0.05) is 19.6 Å². The van der Waals surface area contributed by atoms with Crippen LogP contribution in [0.2, 0.25) is 0 Å². The van der Waals surface area contributed by atoms with Gasteiger partial charge in [-0.05, 0) is 0 Å². The third-order valence-corrected chi connectivity index (χ3v) is 1.69. The van der Waals surface area contributed by atoms with Crippen molar-refractivity contribution in [1.82, 2.24) is 10.4 Å². The van der Waals surface area contributed by atoms with Gasteiger partial charge in [0.1, 0.15) is 0 Å². The van der Waals surface area contributed by atoms with Crippen molar-refractivity contribution in [3.8, 4) is 0 Å². The first-order chi connectivity index (χ1) is 5.22. The zero-order chi connectivity index (χ0) is 8.27. The molecule has 5 heteroatoms. The molecule has 11 heavy (non-hydrogen) atoms. The Morgan fingerprint density at radius 1 is 1.91 bits per heavy atom. The summed E-state index contributed by atoms with van der Waals surface area (Å²) in [5.41, 5.74) is 0. The molecule has 0 aromatic rings. The van der Waals surface area contributed by atoms with E-state index in [1.165, 1.54) is 0 Å². The van der Waals surface area contributed by atoms with E-state index >= 15 is 0 Å². The summed E-state index contributed by atoms with van der Waals surface area (Å²) in [6.07, 6.45) is 0. The normalized spacial score (nSPS) is 25.5. The molecule has 0 spiro atoms. The second-order valence-electron chi connectivity index (χ2n) is 2.42. The lowest BCUT2D eigenvalue weighted by Gasteiger charge is -2.09. The molecule has 1 saturated heterocycles. The highest BCUT2D eigenvalue weighted by molar-refractivity contribution is 7.96. The van der Waals surface area contributed by atoms with Crippen molar-refractivity contribution in [3.63, 3.8) is 0 Å². The Morgan fingerprint density at radius 3 is 3.09 bits per heavy atom. The van der Waals surface area contributed by atoms with E-state index in [0.717, 1.165) is 13.1 Å². The van der Waals surface area contributed by atoms with Gasteiger partial charge in [0.25, 0.3) is 5.24 Å². The van der Waals surface area contributed by atoms with Crippen LogP contribution in [0, 0.1) is 0 Å². The third kappa shape index (κ3) is 2.69. The van der Waals surface area contributed by atoms with E-state index in [2.05, 4.69) is 17.9 Å². The highest BCUT2D eigenvalue weighted by Gasteiger charge is 2.22. The first-order valence-electron chi connectivity index (χ1n) is 3.59. The Labute approximate surface area is 71.3 Å². The molecule has 1 fully saturated rings. The number of hydrogen-bond donors (Lipinski definition) is 2. The zero-order valence-corrected chi connectivity index (χ0v) is 7.30. The van der Waals surface area contributed by atoms with Crippen LogP contribution in [-0.2, 0) is 4.84 Å².